The van der Waals surface area contributed by atoms with Gasteiger partial charge in [0.25, 0.3) is 0 Å². The highest BCUT2D eigenvalue weighted by Crippen LogP contribution is 2.28. The van der Waals surface area contributed by atoms with Crippen molar-refractivity contribution >= 4 is 5.96 Å². The maximum Gasteiger partial charge on any atom is 0.419 e. The summed E-state index contributed by atoms with van der Waals surface area (Å²) < 4.78 is 38.9. The molecule has 0 saturated heterocycles. The van der Waals surface area contributed by atoms with E-state index in [1.54, 1.807) is 6.92 Å². The molecule has 0 bridgehead atoms. The van der Waals surface area contributed by atoms with Crippen LogP contribution in [0.25, 0.3) is 0 Å². The van der Waals surface area contributed by atoms with Crippen molar-refractivity contribution < 1.29 is 13.2 Å². The van der Waals surface area contributed by atoms with E-state index in [-0.39, 0.29) is 5.96 Å². The maximum atomic E-state index is 12.3. The molecule has 90 valence electrons. The number of hydrogen-bond donors (Lipinski definition) is 1. The molecule has 5 nitrogen and oxygen atoms in total. The predicted molar refractivity (Wildman–Crippen MR) is 52.7 cm³/mol. The molecule has 2 rings (SSSR count). The fraction of sp³-hybridized carbons (Fsp3) is 0.222. The highest BCUT2D eigenvalue weighted by molar-refractivity contribution is 5.79. The van der Waals surface area contributed by atoms with E-state index < -0.39 is 11.7 Å². The number of halogens is 3. The predicted octanol–water partition coefficient (Wildman–Crippen LogP) is 1.74. The molecule has 0 unspecified atom stereocenters. The molecule has 0 fully saturated rings. The summed E-state index contributed by atoms with van der Waals surface area (Å²) in [5.41, 5.74) is -0.0934. The van der Waals surface area contributed by atoms with E-state index in [0.29, 0.717) is 6.20 Å². The third-order valence-electron chi connectivity index (χ3n) is 2.06. The van der Waals surface area contributed by atoms with Crippen molar-refractivity contribution in [2.24, 2.45) is 0 Å². The zero-order valence-electron chi connectivity index (χ0n) is 8.73. The summed E-state index contributed by atoms with van der Waals surface area (Å²) in [6, 6.07) is 0. The smallest absolute Gasteiger partial charge is 0.265 e. The Morgan fingerprint density at radius 1 is 1.18 bits per heavy atom. The molecule has 0 aromatic carbocycles. The number of rotatable bonds is 0. The number of hydrogen-bond acceptors (Lipinski definition) is 3. The van der Waals surface area contributed by atoms with Gasteiger partial charge in [-0.2, -0.15) is 23.4 Å². The molecule has 2 heterocycles. The third kappa shape index (κ3) is 2.19. The van der Waals surface area contributed by atoms with E-state index in [1.165, 1.54) is 12.4 Å². The monoisotopic (exact) mass is 243 g/mol. The van der Waals surface area contributed by atoms with Gasteiger partial charge < -0.3 is 0 Å². The van der Waals surface area contributed by atoms with Gasteiger partial charge in [-0.15, -0.1) is 0 Å². The van der Waals surface area contributed by atoms with Crippen molar-refractivity contribution in [1.29, 1.82) is 5.41 Å². The molecule has 2 aromatic rings. The first-order valence-corrected chi connectivity index (χ1v) is 4.60. The second kappa shape index (κ2) is 3.72. The van der Waals surface area contributed by atoms with Gasteiger partial charge in [-0.25, -0.2) is 9.36 Å². The molecular formula is C9H8F3N5. The maximum absolute atomic E-state index is 12.3. The van der Waals surface area contributed by atoms with Gasteiger partial charge in [0, 0.05) is 12.4 Å². The highest BCUT2D eigenvalue weighted by atomic mass is 19.4. The summed E-state index contributed by atoms with van der Waals surface area (Å²) in [5.74, 6) is -0.270. The van der Waals surface area contributed by atoms with Crippen LogP contribution in [0.3, 0.4) is 0 Å². The Morgan fingerprint density at radius 3 is 2.24 bits per heavy atom. The summed E-state index contributed by atoms with van der Waals surface area (Å²) in [6.45, 7) is 1.76. The lowest BCUT2D eigenvalue weighted by Crippen LogP contribution is -2.21. The first-order chi connectivity index (χ1) is 7.88. The molecule has 0 atom stereocenters. The van der Waals surface area contributed by atoms with Gasteiger partial charge >= 0.3 is 6.18 Å². The average Bonchev–Trinajstić information content (AvgIpc) is 2.83. The Bertz CT molecular complexity index is 551. The van der Waals surface area contributed by atoms with Crippen molar-refractivity contribution in [3.63, 3.8) is 0 Å². The van der Waals surface area contributed by atoms with Gasteiger partial charge in [0.15, 0.2) is 0 Å². The standard InChI is InChI=1S/C9H8F3N5/c1-6-2-14-16(4-6)8(13)17-5-7(3-15-17)9(10,11)12/h2-5,13H,1H3. The first kappa shape index (κ1) is 11.4. The van der Waals surface area contributed by atoms with Crippen molar-refractivity contribution in [1.82, 2.24) is 19.6 Å². The Kier molecular flexibility index (Phi) is 2.49. The lowest BCUT2D eigenvalue weighted by Gasteiger charge is -2.03. The molecule has 17 heavy (non-hydrogen) atoms. The van der Waals surface area contributed by atoms with E-state index in [9.17, 15) is 13.2 Å². The van der Waals surface area contributed by atoms with Crippen molar-refractivity contribution in [3.05, 3.63) is 35.9 Å². The average molecular weight is 243 g/mol. The zero-order chi connectivity index (χ0) is 12.6. The van der Waals surface area contributed by atoms with Gasteiger partial charge in [-0.3, -0.25) is 5.41 Å². The quantitative estimate of drug-likeness (QED) is 0.566. The van der Waals surface area contributed by atoms with Crippen LogP contribution in [0.15, 0.2) is 24.8 Å². The van der Waals surface area contributed by atoms with Crippen LogP contribution < -0.4 is 0 Å². The summed E-state index contributed by atoms with van der Waals surface area (Å²) >= 11 is 0. The Hall–Kier alpha value is -2.12. The summed E-state index contributed by atoms with van der Waals surface area (Å²) in [6.07, 6.45) is -0.0111. The molecule has 8 heteroatoms. The van der Waals surface area contributed by atoms with E-state index in [4.69, 9.17) is 5.41 Å². The van der Waals surface area contributed by atoms with Crippen molar-refractivity contribution in [2.45, 2.75) is 13.1 Å². The molecule has 0 aliphatic carbocycles. The third-order valence-corrected chi connectivity index (χ3v) is 2.06. The second-order valence-corrected chi connectivity index (χ2v) is 3.46. The molecule has 0 aliphatic rings. The number of aromatic nitrogens is 4. The first-order valence-electron chi connectivity index (χ1n) is 4.60. The molecular weight excluding hydrogens is 235 g/mol. The lowest BCUT2D eigenvalue weighted by molar-refractivity contribution is -0.137. The second-order valence-electron chi connectivity index (χ2n) is 3.46. The zero-order valence-corrected chi connectivity index (χ0v) is 8.73. The summed E-state index contributed by atoms with van der Waals surface area (Å²) in [7, 11) is 0. The molecule has 0 spiro atoms. The van der Waals surface area contributed by atoms with Crippen LogP contribution in [0.5, 0.6) is 0 Å². The van der Waals surface area contributed by atoms with Crippen LogP contribution in [0.1, 0.15) is 11.1 Å². The van der Waals surface area contributed by atoms with Gasteiger partial charge in [-0.05, 0) is 12.5 Å². The van der Waals surface area contributed by atoms with Gasteiger partial charge in [0.05, 0.1) is 18.0 Å². The minimum absolute atomic E-state index is 0.270. The Labute approximate surface area is 94.0 Å². The van der Waals surface area contributed by atoms with Crippen LogP contribution >= 0.6 is 0 Å². The summed E-state index contributed by atoms with van der Waals surface area (Å²) in [5, 5.41) is 14.9. The van der Waals surface area contributed by atoms with Crippen LogP contribution in [-0.2, 0) is 6.18 Å². The normalized spacial score (nSPS) is 11.8. The molecule has 0 saturated carbocycles. The molecule has 2 aromatic heterocycles. The highest BCUT2D eigenvalue weighted by Gasteiger charge is 2.32. The van der Waals surface area contributed by atoms with E-state index in [0.717, 1.165) is 21.1 Å². The van der Waals surface area contributed by atoms with Gasteiger partial charge in [0.1, 0.15) is 0 Å². The fourth-order valence-corrected chi connectivity index (χ4v) is 1.22. The topological polar surface area (TPSA) is 59.5 Å². The van der Waals surface area contributed by atoms with E-state index in [2.05, 4.69) is 10.2 Å². The van der Waals surface area contributed by atoms with E-state index in [1.807, 2.05) is 0 Å². The number of alkyl halides is 3. The van der Waals surface area contributed by atoms with Crippen molar-refractivity contribution in [3.8, 4) is 0 Å². The lowest BCUT2D eigenvalue weighted by atomic mass is 10.4. The Balaban J connectivity index is 2.30. The van der Waals surface area contributed by atoms with Crippen LogP contribution in [0, 0.1) is 12.3 Å². The van der Waals surface area contributed by atoms with Crippen molar-refractivity contribution in [2.75, 3.05) is 0 Å². The Morgan fingerprint density at radius 2 is 1.76 bits per heavy atom. The van der Waals surface area contributed by atoms with Gasteiger partial charge in [0.2, 0.25) is 5.96 Å². The largest absolute Gasteiger partial charge is 0.419 e. The number of aryl methyl sites for hydroxylation is 1. The van der Waals surface area contributed by atoms with Crippen LogP contribution in [0.4, 0.5) is 13.2 Å². The molecule has 0 aliphatic heterocycles. The molecule has 0 radical (unpaired) electrons. The fourth-order valence-electron chi connectivity index (χ4n) is 1.22. The number of nitrogens with zero attached hydrogens (tertiary/aromatic N) is 4. The molecule has 0 amide bonds. The van der Waals surface area contributed by atoms with Gasteiger partial charge in [-0.1, -0.05) is 0 Å². The van der Waals surface area contributed by atoms with Crippen LogP contribution in [-0.4, -0.2) is 25.5 Å². The minimum atomic E-state index is -4.46. The molecule has 1 N–H and O–H groups in total. The number of nitrogens with one attached hydrogen (secondary N) is 1. The van der Waals surface area contributed by atoms with E-state index >= 15 is 0 Å². The van der Waals surface area contributed by atoms with Crippen LogP contribution in [0.2, 0.25) is 0 Å². The minimum Gasteiger partial charge on any atom is -0.265 e. The SMILES string of the molecule is Cc1cnn(C(=N)n2cc(C(F)(F)F)cn2)c1. The summed E-state index contributed by atoms with van der Waals surface area (Å²) in [4.78, 5) is 0.